The van der Waals surface area contributed by atoms with E-state index in [0.29, 0.717) is 0 Å². The van der Waals surface area contributed by atoms with E-state index in [0.717, 1.165) is 12.8 Å². The molecule has 0 amide bonds. The predicted molar refractivity (Wildman–Crippen MR) is 40.0 cm³/mol. The van der Waals surface area contributed by atoms with Crippen molar-refractivity contribution in [2.24, 2.45) is 0 Å². The topological polar surface area (TPSA) is 40.5 Å². The Morgan fingerprint density at radius 1 is 1.60 bits per heavy atom. The summed E-state index contributed by atoms with van der Waals surface area (Å²) in [5.74, 6) is -0.730. The van der Waals surface area contributed by atoms with Crippen LogP contribution in [0, 0.1) is 0 Å². The summed E-state index contributed by atoms with van der Waals surface area (Å²) in [6, 6.07) is -0.315. The minimum absolute atomic E-state index is 0.315. The molecule has 0 saturated heterocycles. The van der Waals surface area contributed by atoms with Gasteiger partial charge in [0.15, 0.2) is 0 Å². The number of hydrogen-bond acceptors (Lipinski definition) is 2. The second-order valence-electron chi connectivity index (χ2n) is 2.61. The van der Waals surface area contributed by atoms with Gasteiger partial charge in [0.2, 0.25) is 0 Å². The molecule has 60 valence electrons. The Morgan fingerprint density at radius 3 is 2.20 bits per heavy atom. The summed E-state index contributed by atoms with van der Waals surface area (Å²) in [6.45, 7) is 1.99. The number of rotatable bonds is 4. The van der Waals surface area contributed by atoms with Crippen molar-refractivity contribution >= 4 is 5.97 Å². The van der Waals surface area contributed by atoms with Crippen molar-refractivity contribution < 1.29 is 9.90 Å². The zero-order chi connectivity index (χ0) is 8.15. The molecule has 0 unspecified atom stereocenters. The lowest BCUT2D eigenvalue weighted by molar-refractivity contribution is -0.142. The van der Waals surface area contributed by atoms with Gasteiger partial charge in [0.1, 0.15) is 6.04 Å². The first-order chi connectivity index (χ1) is 4.59. The number of nitrogens with zero attached hydrogens (tertiary/aromatic N) is 1. The summed E-state index contributed by atoms with van der Waals surface area (Å²) in [6.07, 6.45) is 1.64. The normalized spacial score (nSPS) is 13.6. The third-order valence-corrected chi connectivity index (χ3v) is 1.47. The molecule has 0 aliphatic rings. The first kappa shape index (κ1) is 9.43. The molecule has 3 nitrogen and oxygen atoms in total. The maximum atomic E-state index is 10.5. The van der Waals surface area contributed by atoms with Gasteiger partial charge in [0.05, 0.1) is 0 Å². The first-order valence-electron chi connectivity index (χ1n) is 3.48. The Balaban J connectivity index is 3.85. The molecule has 0 aliphatic carbocycles. The monoisotopic (exact) mass is 145 g/mol. The van der Waals surface area contributed by atoms with Crippen LogP contribution in [-0.2, 0) is 4.79 Å². The second kappa shape index (κ2) is 4.28. The lowest BCUT2D eigenvalue weighted by Crippen LogP contribution is -2.35. The third-order valence-electron chi connectivity index (χ3n) is 1.47. The van der Waals surface area contributed by atoms with E-state index >= 15 is 0 Å². The van der Waals surface area contributed by atoms with Gasteiger partial charge < -0.3 is 5.11 Å². The number of hydrogen-bond donors (Lipinski definition) is 1. The lowest BCUT2D eigenvalue weighted by Gasteiger charge is -2.18. The number of carboxylic acids is 1. The van der Waals surface area contributed by atoms with Crippen LogP contribution in [0.4, 0.5) is 0 Å². The molecule has 0 saturated carbocycles. The van der Waals surface area contributed by atoms with Gasteiger partial charge >= 0.3 is 5.97 Å². The minimum atomic E-state index is -0.730. The van der Waals surface area contributed by atoms with Gasteiger partial charge in [-0.3, -0.25) is 9.69 Å². The van der Waals surface area contributed by atoms with E-state index in [9.17, 15) is 4.79 Å². The maximum absolute atomic E-state index is 10.5. The summed E-state index contributed by atoms with van der Waals surface area (Å²) in [5, 5.41) is 8.63. The van der Waals surface area contributed by atoms with Crippen LogP contribution in [0.15, 0.2) is 0 Å². The largest absolute Gasteiger partial charge is 0.480 e. The van der Waals surface area contributed by atoms with Crippen molar-refractivity contribution in [1.82, 2.24) is 4.90 Å². The van der Waals surface area contributed by atoms with E-state index in [-0.39, 0.29) is 6.04 Å². The Kier molecular flexibility index (Phi) is 4.03. The van der Waals surface area contributed by atoms with Gasteiger partial charge in [-0.15, -0.1) is 0 Å². The van der Waals surface area contributed by atoms with Crippen molar-refractivity contribution in [3.63, 3.8) is 0 Å². The summed E-state index contributed by atoms with van der Waals surface area (Å²) < 4.78 is 0. The molecule has 0 spiro atoms. The van der Waals surface area contributed by atoms with Crippen LogP contribution in [0.5, 0.6) is 0 Å². The van der Waals surface area contributed by atoms with Crippen LogP contribution in [-0.4, -0.2) is 36.1 Å². The standard InChI is InChI=1S/C7H15NO2/c1-4-5-6(7(9)10)8(2)3/h6H,4-5H2,1-3H3,(H,9,10)/t6-/m1/s1. The molecule has 0 bridgehead atoms. The summed E-state index contributed by atoms with van der Waals surface area (Å²) >= 11 is 0. The minimum Gasteiger partial charge on any atom is -0.480 e. The van der Waals surface area contributed by atoms with Crippen LogP contribution in [0.1, 0.15) is 19.8 Å². The highest BCUT2D eigenvalue weighted by atomic mass is 16.4. The van der Waals surface area contributed by atoms with Gasteiger partial charge in [0, 0.05) is 0 Å². The number of carbonyl (C=O) groups is 1. The van der Waals surface area contributed by atoms with Crippen molar-refractivity contribution in [1.29, 1.82) is 0 Å². The zero-order valence-electron chi connectivity index (χ0n) is 6.79. The molecule has 3 heteroatoms. The third kappa shape index (κ3) is 2.82. The van der Waals surface area contributed by atoms with E-state index in [1.807, 2.05) is 6.92 Å². The molecule has 0 aromatic rings. The molecule has 10 heavy (non-hydrogen) atoms. The van der Waals surface area contributed by atoms with Crippen LogP contribution in [0.2, 0.25) is 0 Å². The van der Waals surface area contributed by atoms with Gasteiger partial charge in [-0.2, -0.15) is 0 Å². The summed E-state index contributed by atoms with van der Waals surface area (Å²) in [7, 11) is 3.57. The molecule has 0 heterocycles. The van der Waals surface area contributed by atoms with Crippen molar-refractivity contribution in [2.75, 3.05) is 14.1 Å². The highest BCUT2D eigenvalue weighted by molar-refractivity contribution is 5.73. The average Bonchev–Trinajstić information content (AvgIpc) is 1.81. The zero-order valence-corrected chi connectivity index (χ0v) is 6.79. The van der Waals surface area contributed by atoms with E-state index in [1.54, 1.807) is 19.0 Å². The number of carboxylic acid groups (broad SMARTS) is 1. The Bertz CT molecular complexity index is 112. The van der Waals surface area contributed by atoms with Crippen LogP contribution >= 0.6 is 0 Å². The van der Waals surface area contributed by atoms with E-state index in [4.69, 9.17) is 5.11 Å². The first-order valence-corrected chi connectivity index (χ1v) is 3.48. The fourth-order valence-corrected chi connectivity index (χ4v) is 0.876. The summed E-state index contributed by atoms with van der Waals surface area (Å²) in [5.41, 5.74) is 0. The Morgan fingerprint density at radius 2 is 2.10 bits per heavy atom. The fourth-order valence-electron chi connectivity index (χ4n) is 0.876. The summed E-state index contributed by atoms with van der Waals surface area (Å²) in [4.78, 5) is 12.2. The SMILES string of the molecule is CCC[C@H](C(=O)O)N(C)C. The maximum Gasteiger partial charge on any atom is 0.320 e. The Labute approximate surface area is 61.6 Å². The quantitative estimate of drug-likeness (QED) is 0.636. The van der Waals surface area contributed by atoms with Gasteiger partial charge in [0.25, 0.3) is 0 Å². The number of aliphatic carboxylic acids is 1. The van der Waals surface area contributed by atoms with E-state index in [2.05, 4.69) is 0 Å². The molecule has 0 fully saturated rings. The molecule has 0 aromatic heterocycles. The smallest absolute Gasteiger partial charge is 0.320 e. The Hall–Kier alpha value is -0.570. The van der Waals surface area contributed by atoms with Gasteiger partial charge in [-0.05, 0) is 20.5 Å². The van der Waals surface area contributed by atoms with Crippen LogP contribution in [0.3, 0.4) is 0 Å². The average molecular weight is 145 g/mol. The molecule has 1 N–H and O–H groups in total. The fraction of sp³-hybridized carbons (Fsp3) is 0.857. The molecule has 0 aromatic carbocycles. The highest BCUT2D eigenvalue weighted by Crippen LogP contribution is 2.02. The van der Waals surface area contributed by atoms with Crippen molar-refractivity contribution in [3.05, 3.63) is 0 Å². The van der Waals surface area contributed by atoms with Crippen LogP contribution < -0.4 is 0 Å². The lowest BCUT2D eigenvalue weighted by atomic mass is 10.1. The predicted octanol–water partition coefficient (Wildman–Crippen LogP) is 0.801. The molecule has 0 rings (SSSR count). The highest BCUT2D eigenvalue weighted by Gasteiger charge is 2.17. The number of likely N-dealkylation sites (N-methyl/N-ethyl adjacent to an activating group) is 1. The molecule has 1 atom stereocenters. The van der Waals surface area contributed by atoms with Crippen LogP contribution in [0.25, 0.3) is 0 Å². The van der Waals surface area contributed by atoms with Gasteiger partial charge in [-0.1, -0.05) is 13.3 Å². The van der Waals surface area contributed by atoms with Crippen molar-refractivity contribution in [3.8, 4) is 0 Å². The van der Waals surface area contributed by atoms with E-state index in [1.165, 1.54) is 0 Å². The van der Waals surface area contributed by atoms with Crippen molar-refractivity contribution in [2.45, 2.75) is 25.8 Å². The van der Waals surface area contributed by atoms with Gasteiger partial charge in [-0.25, -0.2) is 0 Å². The van der Waals surface area contributed by atoms with E-state index < -0.39 is 5.97 Å². The molecule has 0 aliphatic heterocycles. The molecular weight excluding hydrogens is 130 g/mol. The second-order valence-corrected chi connectivity index (χ2v) is 2.61. The molecule has 0 radical (unpaired) electrons. The molecular formula is C7H15NO2.